The van der Waals surface area contributed by atoms with Crippen molar-refractivity contribution in [3.05, 3.63) is 83.2 Å². The maximum Gasteiger partial charge on any atom is 0.253 e. The topological polar surface area (TPSA) is 88.3 Å². The maximum atomic E-state index is 13.1. The fraction of sp³-hybridized carbons (Fsp3) is 0.429. The van der Waals surface area contributed by atoms with E-state index in [2.05, 4.69) is 9.97 Å². The lowest BCUT2D eigenvalue weighted by atomic mass is 9.65. The molecule has 0 radical (unpaired) electrons. The Labute approximate surface area is 205 Å². The Bertz CT molecular complexity index is 1220. The third-order valence-electron chi connectivity index (χ3n) is 7.92. The summed E-state index contributed by atoms with van der Waals surface area (Å²) in [4.78, 5) is 36.6. The molecular formula is C28H32N4O3. The Hall–Kier alpha value is -3.32. The van der Waals surface area contributed by atoms with Gasteiger partial charge >= 0.3 is 0 Å². The van der Waals surface area contributed by atoms with Gasteiger partial charge in [0.05, 0.1) is 24.2 Å². The van der Waals surface area contributed by atoms with Gasteiger partial charge in [-0.1, -0.05) is 49.2 Å². The second-order valence-corrected chi connectivity index (χ2v) is 10.1. The quantitative estimate of drug-likeness (QED) is 0.594. The van der Waals surface area contributed by atoms with Crippen LogP contribution in [0.3, 0.4) is 0 Å². The second kappa shape index (κ2) is 9.74. The van der Waals surface area contributed by atoms with Gasteiger partial charge < -0.3 is 10.0 Å². The molecule has 0 bridgehead atoms. The molecule has 1 aliphatic carbocycles. The lowest BCUT2D eigenvalue weighted by molar-refractivity contribution is -0.160. The van der Waals surface area contributed by atoms with Crippen LogP contribution in [0.25, 0.3) is 11.3 Å². The number of likely N-dealkylation sites (tertiary alicyclic amines) is 1. The Morgan fingerprint density at radius 2 is 1.86 bits per heavy atom. The number of benzene rings is 1. The van der Waals surface area contributed by atoms with Gasteiger partial charge in [0.15, 0.2) is 0 Å². The highest BCUT2D eigenvalue weighted by molar-refractivity contribution is 5.76. The molecule has 1 aromatic carbocycles. The summed E-state index contributed by atoms with van der Waals surface area (Å²) in [6.07, 6.45) is 10.4. The van der Waals surface area contributed by atoms with Crippen molar-refractivity contribution in [2.24, 2.45) is 5.41 Å². The molecule has 1 atom stereocenters. The van der Waals surface area contributed by atoms with Crippen LogP contribution in [0.5, 0.6) is 0 Å². The number of aliphatic hydroxyl groups is 1. The summed E-state index contributed by atoms with van der Waals surface area (Å²) in [6.45, 7) is 1.24. The first-order valence-corrected chi connectivity index (χ1v) is 12.5. The van der Waals surface area contributed by atoms with Crippen molar-refractivity contribution in [1.82, 2.24) is 19.4 Å². The van der Waals surface area contributed by atoms with Crippen LogP contribution in [0.2, 0.25) is 0 Å². The zero-order chi connectivity index (χ0) is 24.3. The SMILES string of the molecule is O=C(CCc1cccnc1)N1CCC(O)(Cn2cnc(-c3ccccc3)cc2=O)C2(CCCC2)C1. The van der Waals surface area contributed by atoms with Crippen LogP contribution < -0.4 is 5.56 Å². The molecule has 2 aliphatic rings. The summed E-state index contributed by atoms with van der Waals surface area (Å²) < 4.78 is 1.53. The van der Waals surface area contributed by atoms with Crippen LogP contribution in [0, 0.1) is 5.41 Å². The van der Waals surface area contributed by atoms with Crippen molar-refractivity contribution < 1.29 is 9.90 Å². The first-order valence-electron chi connectivity index (χ1n) is 12.5. The number of rotatable bonds is 6. The Morgan fingerprint density at radius 1 is 1.06 bits per heavy atom. The van der Waals surface area contributed by atoms with Crippen LogP contribution in [0.15, 0.2) is 72.0 Å². The van der Waals surface area contributed by atoms with Crippen molar-refractivity contribution in [1.29, 1.82) is 0 Å². The molecule has 1 spiro atoms. The Morgan fingerprint density at radius 3 is 2.57 bits per heavy atom. The van der Waals surface area contributed by atoms with E-state index < -0.39 is 11.0 Å². The third kappa shape index (κ3) is 4.78. The average Bonchev–Trinajstić information content (AvgIpc) is 3.37. The number of carbonyl (C=O) groups is 1. The third-order valence-corrected chi connectivity index (χ3v) is 7.92. The molecule has 1 saturated carbocycles. The van der Waals surface area contributed by atoms with Gasteiger partial charge in [-0.3, -0.25) is 19.1 Å². The molecule has 1 N–H and O–H groups in total. The molecule has 3 aromatic rings. The van der Waals surface area contributed by atoms with Gasteiger partial charge in [-0.2, -0.15) is 0 Å². The van der Waals surface area contributed by atoms with E-state index in [1.807, 2.05) is 47.4 Å². The lowest BCUT2D eigenvalue weighted by Gasteiger charge is -2.52. The van der Waals surface area contributed by atoms with Gasteiger partial charge in [-0.15, -0.1) is 0 Å². The van der Waals surface area contributed by atoms with Crippen molar-refractivity contribution in [2.45, 2.75) is 57.1 Å². The standard InChI is InChI=1S/C28H32N4O3/c33-25(11-10-22-7-6-15-29-18-22)31-16-14-28(35,27(19-31)12-4-5-13-27)20-32-21-30-24(17-26(32)34)23-8-2-1-3-9-23/h1-3,6-9,15,17-18,21,35H,4-5,10-14,16,19-20H2. The molecule has 1 saturated heterocycles. The first-order chi connectivity index (χ1) is 17.0. The van der Waals surface area contributed by atoms with E-state index in [4.69, 9.17) is 0 Å². The molecule has 7 heteroatoms. The lowest BCUT2D eigenvalue weighted by Crippen LogP contribution is -2.62. The van der Waals surface area contributed by atoms with Crippen LogP contribution >= 0.6 is 0 Å². The number of pyridine rings is 1. The molecule has 1 amide bonds. The van der Waals surface area contributed by atoms with Gasteiger partial charge in [0.2, 0.25) is 5.91 Å². The monoisotopic (exact) mass is 472 g/mol. The van der Waals surface area contributed by atoms with Crippen LogP contribution in [0.4, 0.5) is 0 Å². The fourth-order valence-corrected chi connectivity index (χ4v) is 5.86. The van der Waals surface area contributed by atoms with Crippen molar-refractivity contribution >= 4 is 5.91 Å². The van der Waals surface area contributed by atoms with E-state index in [1.165, 1.54) is 10.6 Å². The van der Waals surface area contributed by atoms with E-state index in [0.29, 0.717) is 38.0 Å². The summed E-state index contributed by atoms with van der Waals surface area (Å²) in [7, 11) is 0. The predicted molar refractivity (Wildman–Crippen MR) is 134 cm³/mol. The van der Waals surface area contributed by atoms with E-state index in [0.717, 1.165) is 36.8 Å². The van der Waals surface area contributed by atoms with Crippen molar-refractivity contribution in [3.8, 4) is 11.3 Å². The zero-order valence-corrected chi connectivity index (χ0v) is 20.0. The molecule has 7 nitrogen and oxygen atoms in total. The van der Waals surface area contributed by atoms with E-state index >= 15 is 0 Å². The fourth-order valence-electron chi connectivity index (χ4n) is 5.86. The number of hydrogen-bond acceptors (Lipinski definition) is 5. The summed E-state index contributed by atoms with van der Waals surface area (Å²) in [6, 6.07) is 15.0. The van der Waals surface area contributed by atoms with E-state index in [1.54, 1.807) is 18.7 Å². The molecule has 1 aliphatic heterocycles. The van der Waals surface area contributed by atoms with Gasteiger partial charge in [-0.25, -0.2) is 4.98 Å². The number of piperidine rings is 1. The number of nitrogens with zero attached hydrogens (tertiary/aromatic N) is 4. The normalized spacial score (nSPS) is 21.3. The molecular weight excluding hydrogens is 440 g/mol. The van der Waals surface area contributed by atoms with E-state index in [9.17, 15) is 14.7 Å². The van der Waals surface area contributed by atoms with Gasteiger partial charge in [0.1, 0.15) is 0 Å². The number of aromatic nitrogens is 3. The molecule has 182 valence electrons. The van der Waals surface area contributed by atoms with Crippen molar-refractivity contribution in [3.63, 3.8) is 0 Å². The second-order valence-electron chi connectivity index (χ2n) is 10.1. The zero-order valence-electron chi connectivity index (χ0n) is 20.0. The number of amides is 1. The number of aryl methyl sites for hydroxylation is 1. The van der Waals surface area contributed by atoms with Crippen LogP contribution in [-0.2, 0) is 17.8 Å². The first kappa shape index (κ1) is 23.4. The minimum atomic E-state index is -1.05. The van der Waals surface area contributed by atoms with E-state index in [-0.39, 0.29) is 18.0 Å². The Balaban J connectivity index is 1.31. The summed E-state index contributed by atoms with van der Waals surface area (Å²) in [5.41, 5.74) is 0.950. The number of carbonyl (C=O) groups excluding carboxylic acids is 1. The molecule has 2 aromatic heterocycles. The van der Waals surface area contributed by atoms with Gasteiger partial charge in [0, 0.05) is 48.9 Å². The highest BCUT2D eigenvalue weighted by atomic mass is 16.3. The minimum Gasteiger partial charge on any atom is -0.387 e. The van der Waals surface area contributed by atoms with Crippen LogP contribution in [-0.4, -0.2) is 49.1 Å². The number of hydrogen-bond donors (Lipinski definition) is 1. The highest BCUT2D eigenvalue weighted by Crippen LogP contribution is 2.51. The minimum absolute atomic E-state index is 0.119. The molecule has 3 heterocycles. The average molecular weight is 473 g/mol. The smallest absolute Gasteiger partial charge is 0.253 e. The predicted octanol–water partition coefficient (Wildman–Crippen LogP) is 3.46. The molecule has 1 unspecified atom stereocenters. The highest BCUT2D eigenvalue weighted by Gasteiger charge is 2.55. The molecule has 35 heavy (non-hydrogen) atoms. The summed E-state index contributed by atoms with van der Waals surface area (Å²) >= 11 is 0. The van der Waals surface area contributed by atoms with Gasteiger partial charge in [-0.05, 0) is 37.3 Å². The largest absolute Gasteiger partial charge is 0.387 e. The summed E-state index contributed by atoms with van der Waals surface area (Å²) in [5.74, 6) is 0.119. The molecule has 5 rings (SSSR count). The van der Waals surface area contributed by atoms with Gasteiger partial charge in [0.25, 0.3) is 5.56 Å². The summed E-state index contributed by atoms with van der Waals surface area (Å²) in [5, 5.41) is 12.0. The molecule has 2 fully saturated rings. The van der Waals surface area contributed by atoms with Crippen molar-refractivity contribution in [2.75, 3.05) is 13.1 Å². The van der Waals surface area contributed by atoms with Crippen LogP contribution in [0.1, 0.15) is 44.1 Å². The maximum absolute atomic E-state index is 13.1. The Kier molecular flexibility index (Phi) is 6.52.